The van der Waals surface area contributed by atoms with Crippen molar-refractivity contribution in [3.63, 3.8) is 0 Å². The van der Waals surface area contributed by atoms with Crippen molar-refractivity contribution in [3.8, 4) is 0 Å². The van der Waals surface area contributed by atoms with Gasteiger partial charge < -0.3 is 18.9 Å². The zero-order chi connectivity index (χ0) is 52.0. The summed E-state index contributed by atoms with van der Waals surface area (Å²) < 4.78 is 23.2. The van der Waals surface area contributed by atoms with Crippen LogP contribution >= 0.6 is 0 Å². The van der Waals surface area contributed by atoms with Crippen molar-refractivity contribution in [3.05, 3.63) is 69.8 Å². The van der Waals surface area contributed by atoms with Gasteiger partial charge in [-0.05, 0) is 74.6 Å². The molecule has 2 aromatic carbocycles. The Bertz CT molecular complexity index is 1550. The third-order valence-electron chi connectivity index (χ3n) is 14.2. The number of hydrogen-bond acceptors (Lipinski definition) is 8. The van der Waals surface area contributed by atoms with E-state index in [1.54, 1.807) is 12.1 Å². The summed E-state index contributed by atoms with van der Waals surface area (Å²) in [6, 6.07) is 11.1. The Morgan fingerprint density at radius 1 is 0.278 bits per heavy atom. The van der Waals surface area contributed by atoms with E-state index in [0.29, 0.717) is 61.5 Å². The molecule has 410 valence electrons. The van der Waals surface area contributed by atoms with Crippen LogP contribution in [0, 0.1) is 0 Å². The van der Waals surface area contributed by atoms with Gasteiger partial charge in [-0.15, -0.1) is 0 Å². The molecule has 72 heavy (non-hydrogen) atoms. The average Bonchev–Trinajstić information content (AvgIpc) is 3.39. The minimum Gasteiger partial charge on any atom is -0.462 e. The summed E-state index contributed by atoms with van der Waals surface area (Å²) in [6.45, 7) is 10.3. The van der Waals surface area contributed by atoms with Gasteiger partial charge in [0, 0.05) is 0 Å². The van der Waals surface area contributed by atoms with Crippen LogP contribution in [0.4, 0.5) is 0 Å². The summed E-state index contributed by atoms with van der Waals surface area (Å²) in [7, 11) is 0. The van der Waals surface area contributed by atoms with Crippen LogP contribution in [-0.2, 0) is 31.8 Å². The number of unbranched alkanes of at least 4 members (excludes halogenated alkanes) is 33. The molecule has 0 aliphatic rings. The largest absolute Gasteiger partial charge is 0.462 e. The van der Waals surface area contributed by atoms with Gasteiger partial charge in [-0.2, -0.15) is 0 Å². The fourth-order valence-corrected chi connectivity index (χ4v) is 9.68. The summed E-state index contributed by atoms with van der Waals surface area (Å²) in [4.78, 5) is 54.4. The molecule has 0 saturated carbocycles. The predicted molar refractivity (Wildman–Crippen MR) is 300 cm³/mol. The number of hydrogen-bond donors (Lipinski definition) is 0. The average molecular weight is 1000 g/mol. The fourth-order valence-electron chi connectivity index (χ4n) is 9.68. The molecule has 0 aliphatic heterocycles. The molecule has 0 aliphatic carbocycles. The van der Waals surface area contributed by atoms with E-state index in [9.17, 15) is 19.2 Å². The standard InChI is InChI=1S/C64H106O8/c1-5-9-13-17-21-27-33-39-51-69-61(65)57-49-43-47-55(59(57)63(67)71-53-41-35-29-23-19-15-11-7-3)45-37-31-25-26-32-38-46-56-48-44-50-58(62(66)70-52-40-34-28-22-18-14-10-6-2)60(56)64(68)72-54-42-36-30-24-20-16-12-8-4/h43-44,47-50H,5-42,45-46,51-54H2,1-4H3. The van der Waals surface area contributed by atoms with Gasteiger partial charge in [-0.25, -0.2) is 19.2 Å². The summed E-state index contributed by atoms with van der Waals surface area (Å²) in [5.74, 6) is -1.74. The smallest absolute Gasteiger partial charge is 0.339 e. The monoisotopic (exact) mass is 1000 g/mol. The molecule has 0 heterocycles. The lowest BCUT2D eigenvalue weighted by Gasteiger charge is -2.15. The van der Waals surface area contributed by atoms with Crippen molar-refractivity contribution in [2.24, 2.45) is 0 Å². The third-order valence-corrected chi connectivity index (χ3v) is 14.2. The minimum atomic E-state index is -0.444. The van der Waals surface area contributed by atoms with Gasteiger partial charge in [0.15, 0.2) is 0 Å². The molecule has 0 fully saturated rings. The molecule has 0 saturated heterocycles. The van der Waals surface area contributed by atoms with Crippen molar-refractivity contribution in [1.29, 1.82) is 0 Å². The van der Waals surface area contributed by atoms with Crippen LogP contribution in [0.25, 0.3) is 0 Å². The van der Waals surface area contributed by atoms with Gasteiger partial charge >= 0.3 is 23.9 Å². The van der Waals surface area contributed by atoms with Crippen molar-refractivity contribution >= 4 is 23.9 Å². The van der Waals surface area contributed by atoms with Gasteiger partial charge in [-0.1, -0.05) is 257 Å². The number of esters is 4. The lowest BCUT2D eigenvalue weighted by atomic mass is 9.95. The Balaban J connectivity index is 1.98. The first-order valence-corrected chi connectivity index (χ1v) is 30.3. The maximum atomic E-state index is 13.7. The Hall–Kier alpha value is -3.68. The zero-order valence-corrected chi connectivity index (χ0v) is 46.8. The topological polar surface area (TPSA) is 105 Å². The molecule has 2 rings (SSSR count). The van der Waals surface area contributed by atoms with E-state index in [1.807, 2.05) is 24.3 Å². The van der Waals surface area contributed by atoms with Crippen molar-refractivity contribution in [2.75, 3.05) is 26.4 Å². The van der Waals surface area contributed by atoms with E-state index in [1.165, 1.54) is 128 Å². The van der Waals surface area contributed by atoms with Crippen LogP contribution in [0.15, 0.2) is 36.4 Å². The number of carbonyl (C=O) groups excluding carboxylic acids is 4. The highest BCUT2D eigenvalue weighted by atomic mass is 16.5. The first kappa shape index (κ1) is 64.4. The van der Waals surface area contributed by atoms with E-state index < -0.39 is 23.9 Å². The van der Waals surface area contributed by atoms with Crippen LogP contribution in [0.3, 0.4) is 0 Å². The summed E-state index contributed by atoms with van der Waals surface area (Å²) in [5.41, 5.74) is 3.04. The Morgan fingerprint density at radius 2 is 0.500 bits per heavy atom. The molecule has 8 heteroatoms. The quantitative estimate of drug-likeness (QED) is 0.0367. The molecule has 0 aromatic heterocycles. The van der Waals surface area contributed by atoms with E-state index in [-0.39, 0.29) is 0 Å². The highest BCUT2D eigenvalue weighted by molar-refractivity contribution is 6.05. The lowest BCUT2D eigenvalue weighted by Crippen LogP contribution is -2.17. The minimum absolute atomic E-state index is 0.310. The molecular weight excluding hydrogens is 897 g/mol. The van der Waals surface area contributed by atoms with Gasteiger partial charge in [-0.3, -0.25) is 0 Å². The molecule has 8 nitrogen and oxygen atoms in total. The fraction of sp³-hybridized carbons (Fsp3) is 0.750. The second-order valence-electron chi connectivity index (χ2n) is 20.7. The van der Waals surface area contributed by atoms with Crippen molar-refractivity contribution < 1.29 is 38.1 Å². The van der Waals surface area contributed by atoms with Gasteiger partial charge in [0.05, 0.1) is 48.7 Å². The second kappa shape index (κ2) is 45.9. The van der Waals surface area contributed by atoms with Gasteiger partial charge in [0.2, 0.25) is 0 Å². The first-order chi connectivity index (χ1) is 35.4. The van der Waals surface area contributed by atoms with Gasteiger partial charge in [0.1, 0.15) is 0 Å². The Labute approximate surface area is 441 Å². The van der Waals surface area contributed by atoms with E-state index in [0.717, 1.165) is 127 Å². The first-order valence-electron chi connectivity index (χ1n) is 30.3. The maximum Gasteiger partial charge on any atom is 0.339 e. The molecule has 0 atom stereocenters. The van der Waals surface area contributed by atoms with Crippen LogP contribution in [0.1, 0.15) is 324 Å². The van der Waals surface area contributed by atoms with Crippen LogP contribution in [0.5, 0.6) is 0 Å². The molecule has 0 N–H and O–H groups in total. The summed E-state index contributed by atoms with van der Waals surface area (Å²) in [5, 5.41) is 0. The van der Waals surface area contributed by atoms with Crippen molar-refractivity contribution in [2.45, 2.75) is 285 Å². The summed E-state index contributed by atoms with van der Waals surface area (Å²) in [6.07, 6.45) is 44.3. The van der Waals surface area contributed by atoms with Crippen LogP contribution in [0.2, 0.25) is 0 Å². The number of aryl methyl sites for hydroxylation is 2. The van der Waals surface area contributed by atoms with Crippen LogP contribution < -0.4 is 0 Å². The predicted octanol–water partition coefficient (Wildman–Crippen LogP) is 19.0. The van der Waals surface area contributed by atoms with E-state index >= 15 is 0 Å². The molecule has 0 amide bonds. The third kappa shape index (κ3) is 31.1. The van der Waals surface area contributed by atoms with E-state index in [2.05, 4.69) is 27.7 Å². The summed E-state index contributed by atoms with van der Waals surface area (Å²) >= 11 is 0. The molecule has 2 aromatic rings. The number of benzene rings is 2. The van der Waals surface area contributed by atoms with Gasteiger partial charge in [0.25, 0.3) is 0 Å². The zero-order valence-electron chi connectivity index (χ0n) is 46.8. The molecule has 0 bridgehead atoms. The number of rotatable bonds is 49. The van der Waals surface area contributed by atoms with Crippen LogP contribution in [-0.4, -0.2) is 50.3 Å². The SMILES string of the molecule is CCCCCCCCCCOC(=O)c1cccc(CCCCCCCCc2cccc(C(=O)OCCCCCCCCCC)c2C(=O)OCCCCCCCCCC)c1C(=O)OCCCCCCCCCC. The van der Waals surface area contributed by atoms with E-state index in [4.69, 9.17) is 18.9 Å². The number of ether oxygens (including phenoxy) is 4. The highest BCUT2D eigenvalue weighted by Crippen LogP contribution is 2.24. The highest BCUT2D eigenvalue weighted by Gasteiger charge is 2.25. The normalized spacial score (nSPS) is 11.2. The lowest BCUT2D eigenvalue weighted by molar-refractivity contribution is 0.0449. The Kier molecular flexibility index (Phi) is 41.1. The molecular formula is C64H106O8. The Morgan fingerprint density at radius 3 is 0.764 bits per heavy atom. The molecule has 0 unspecified atom stereocenters. The second-order valence-corrected chi connectivity index (χ2v) is 20.7. The number of carbonyl (C=O) groups is 4. The molecule has 0 radical (unpaired) electrons. The molecule has 0 spiro atoms. The maximum absolute atomic E-state index is 13.7. The van der Waals surface area contributed by atoms with Crippen molar-refractivity contribution in [1.82, 2.24) is 0 Å².